The number of aliphatic carboxylic acids is 1. The molecule has 0 aromatic heterocycles. The minimum atomic E-state index is -1.52. The smallest absolute Gasteiger partial charge is 0.361 e. The molecule has 0 radical (unpaired) electrons. The van der Waals surface area contributed by atoms with Crippen LogP contribution in [0, 0.1) is 0 Å². The number of unbranched alkanes of at least 4 members (excludes halogenated alkanes) is 32. The van der Waals surface area contributed by atoms with Crippen molar-refractivity contribution in [1.29, 1.82) is 0 Å². The summed E-state index contributed by atoms with van der Waals surface area (Å²) in [6, 6.07) is 0. The van der Waals surface area contributed by atoms with Crippen LogP contribution in [0.1, 0.15) is 296 Å². The first-order valence-corrected chi connectivity index (χ1v) is 34.4. The van der Waals surface area contributed by atoms with Gasteiger partial charge in [-0.25, -0.2) is 4.79 Å². The van der Waals surface area contributed by atoms with Gasteiger partial charge in [0, 0.05) is 12.8 Å². The molecule has 2 unspecified atom stereocenters. The average Bonchev–Trinajstić information content (AvgIpc) is 3.46. The average molecular weight is 1160 g/mol. The van der Waals surface area contributed by atoms with Crippen LogP contribution in [0.15, 0.2) is 97.2 Å². The van der Waals surface area contributed by atoms with Crippen molar-refractivity contribution >= 4 is 17.9 Å². The number of ether oxygens (including phenoxy) is 4. The maximum Gasteiger partial charge on any atom is 0.361 e. The number of allylic oxidation sites excluding steroid dienone is 16. The van der Waals surface area contributed by atoms with Crippen LogP contribution in [-0.2, 0) is 33.3 Å². The largest absolute Gasteiger partial charge is 0.477 e. The highest BCUT2D eigenvalue weighted by molar-refractivity contribution is 5.71. The SMILES string of the molecule is CC/C=C\C/C=C\C/C=C\C/C=C\C/C=C\C/C=C\CCCCCCCCCCC(=O)OC(COC(=O)CCCCCCCCCCCCCCCCCCCCC/C=C\C/C=C\CCCCCCC)COC(OCC[N+](C)(C)C)C(=O)O. The van der Waals surface area contributed by atoms with Gasteiger partial charge in [0.2, 0.25) is 0 Å². The summed E-state index contributed by atoms with van der Waals surface area (Å²) in [5, 5.41) is 9.74. The van der Waals surface area contributed by atoms with Gasteiger partial charge in [-0.05, 0) is 96.3 Å². The van der Waals surface area contributed by atoms with E-state index in [0.29, 0.717) is 23.9 Å². The molecule has 0 aromatic carbocycles. The molecule has 0 bridgehead atoms. The molecule has 9 heteroatoms. The third-order valence-corrected chi connectivity index (χ3v) is 14.8. The van der Waals surface area contributed by atoms with Crippen LogP contribution < -0.4 is 0 Å². The zero-order valence-corrected chi connectivity index (χ0v) is 54.6. The number of carbonyl (C=O) groups excluding carboxylic acids is 2. The Balaban J connectivity index is 4.14. The second-order valence-corrected chi connectivity index (χ2v) is 24.1. The molecule has 0 fully saturated rings. The van der Waals surface area contributed by atoms with Gasteiger partial charge in [0.1, 0.15) is 13.2 Å². The number of carbonyl (C=O) groups is 3. The highest BCUT2D eigenvalue weighted by Gasteiger charge is 2.25. The summed E-state index contributed by atoms with van der Waals surface area (Å²) < 4.78 is 23.0. The van der Waals surface area contributed by atoms with Crippen molar-refractivity contribution in [1.82, 2.24) is 0 Å². The summed E-state index contributed by atoms with van der Waals surface area (Å²) in [6.07, 6.45) is 85.1. The number of carboxylic acids is 1. The van der Waals surface area contributed by atoms with Crippen LogP contribution in [0.2, 0.25) is 0 Å². The predicted octanol–water partition coefficient (Wildman–Crippen LogP) is 21.2. The monoisotopic (exact) mass is 1160 g/mol. The van der Waals surface area contributed by atoms with E-state index in [2.05, 4.69) is 111 Å². The Morgan fingerprint density at radius 3 is 1.02 bits per heavy atom. The van der Waals surface area contributed by atoms with Crippen LogP contribution in [0.5, 0.6) is 0 Å². The number of quaternary nitrogens is 1. The van der Waals surface area contributed by atoms with Gasteiger partial charge in [-0.1, -0.05) is 284 Å². The van der Waals surface area contributed by atoms with Crippen molar-refractivity contribution in [2.24, 2.45) is 0 Å². The summed E-state index contributed by atoms with van der Waals surface area (Å²) >= 11 is 0. The predicted molar refractivity (Wildman–Crippen MR) is 355 cm³/mol. The van der Waals surface area contributed by atoms with E-state index in [1.165, 1.54) is 173 Å². The Bertz CT molecular complexity index is 1680. The van der Waals surface area contributed by atoms with Gasteiger partial charge >= 0.3 is 17.9 Å². The maximum absolute atomic E-state index is 12.9. The molecule has 9 nitrogen and oxygen atoms in total. The Kier molecular flexibility index (Phi) is 61.3. The first kappa shape index (κ1) is 79.2. The van der Waals surface area contributed by atoms with Crippen molar-refractivity contribution in [2.75, 3.05) is 47.5 Å². The number of likely N-dealkylation sites (N-methyl/N-ethyl adjacent to an activating group) is 1. The number of rotatable bonds is 63. The van der Waals surface area contributed by atoms with Gasteiger partial charge in [-0.3, -0.25) is 9.59 Å². The van der Waals surface area contributed by atoms with Crippen molar-refractivity contribution in [3.63, 3.8) is 0 Å². The minimum absolute atomic E-state index is 0.183. The third-order valence-electron chi connectivity index (χ3n) is 14.8. The summed E-state index contributed by atoms with van der Waals surface area (Å²) in [4.78, 5) is 37.6. The molecule has 83 heavy (non-hydrogen) atoms. The molecule has 0 spiro atoms. The highest BCUT2D eigenvalue weighted by atomic mass is 16.7. The van der Waals surface area contributed by atoms with Crippen molar-refractivity contribution in [2.45, 2.75) is 309 Å². The van der Waals surface area contributed by atoms with Crippen molar-refractivity contribution in [3.8, 4) is 0 Å². The number of carboxylic acid groups (broad SMARTS) is 1. The Hall–Kier alpha value is -3.79. The summed E-state index contributed by atoms with van der Waals surface area (Å²) in [5.74, 6) is -2.01. The zero-order chi connectivity index (χ0) is 60.5. The lowest BCUT2D eigenvalue weighted by Crippen LogP contribution is -2.40. The van der Waals surface area contributed by atoms with E-state index < -0.39 is 24.3 Å². The summed E-state index contributed by atoms with van der Waals surface area (Å²) in [6.45, 7) is 4.77. The first-order valence-electron chi connectivity index (χ1n) is 34.4. The molecule has 0 aliphatic carbocycles. The molecule has 0 aromatic rings. The Morgan fingerprint density at radius 1 is 0.373 bits per heavy atom. The third kappa shape index (κ3) is 65.6. The molecule has 0 saturated carbocycles. The van der Waals surface area contributed by atoms with Gasteiger partial charge in [0.05, 0.1) is 34.4 Å². The lowest BCUT2D eigenvalue weighted by molar-refractivity contribution is -0.870. The quantitative estimate of drug-likeness (QED) is 0.0211. The van der Waals surface area contributed by atoms with E-state index in [1.54, 1.807) is 0 Å². The number of esters is 2. The Morgan fingerprint density at radius 2 is 0.687 bits per heavy atom. The number of hydrogen-bond acceptors (Lipinski definition) is 7. The molecule has 0 amide bonds. The van der Waals surface area contributed by atoms with Crippen molar-refractivity contribution in [3.05, 3.63) is 97.2 Å². The second-order valence-electron chi connectivity index (χ2n) is 24.1. The van der Waals surface area contributed by atoms with E-state index in [0.717, 1.165) is 89.9 Å². The standard InChI is InChI=1S/C74H129NO8/c1-6-8-10-12-14-16-18-20-22-24-26-28-30-32-34-35-36-37-39-40-42-44-46-48-50-52-54-56-58-60-62-64-71(76)81-68-70(69-82-74(73(78)79)80-67-66-75(3,4)5)83-72(77)65-63-61-59-57-55-53-51-49-47-45-43-41-38-33-31-29-27-25-23-21-19-17-15-13-11-9-7-2/h9,11,15,17-18,20-21,23-24,26-27,29,33,38,43,45,70,74H,6-8,10,12-14,16,19,22,25,28,30-32,34-37,39-42,44,46-69H2,1-5H3/p+1/b11-9-,17-15-,20-18-,23-21-,26-24-,29-27-,38-33-,45-43-. The topological polar surface area (TPSA) is 108 Å². The summed E-state index contributed by atoms with van der Waals surface area (Å²) in [5.41, 5.74) is 0. The van der Waals surface area contributed by atoms with Crippen LogP contribution >= 0.6 is 0 Å². The van der Waals surface area contributed by atoms with Crippen LogP contribution in [-0.4, -0.2) is 87.4 Å². The number of hydrogen-bond donors (Lipinski definition) is 1. The van der Waals surface area contributed by atoms with Gasteiger partial charge in [0.25, 0.3) is 6.29 Å². The molecule has 478 valence electrons. The Labute approximate surface area is 512 Å². The molecule has 0 aliphatic rings. The molecule has 0 saturated heterocycles. The highest BCUT2D eigenvalue weighted by Crippen LogP contribution is 2.17. The van der Waals surface area contributed by atoms with E-state index in [-0.39, 0.29) is 32.2 Å². The fourth-order valence-electron chi connectivity index (χ4n) is 9.58. The molecule has 0 aliphatic heterocycles. The van der Waals surface area contributed by atoms with E-state index in [1.807, 2.05) is 21.1 Å². The molecule has 1 N–H and O–H groups in total. The minimum Gasteiger partial charge on any atom is -0.477 e. The second kappa shape index (κ2) is 64.2. The van der Waals surface area contributed by atoms with Crippen LogP contribution in [0.25, 0.3) is 0 Å². The fraction of sp³-hybridized carbons (Fsp3) is 0.743. The van der Waals surface area contributed by atoms with Gasteiger partial charge in [-0.2, -0.15) is 0 Å². The van der Waals surface area contributed by atoms with Gasteiger partial charge in [0.15, 0.2) is 6.10 Å². The normalized spacial score (nSPS) is 13.3. The molecule has 0 rings (SSSR count). The lowest BCUT2D eigenvalue weighted by atomic mass is 10.0. The maximum atomic E-state index is 12.9. The lowest BCUT2D eigenvalue weighted by Gasteiger charge is -2.25. The number of nitrogens with zero attached hydrogens (tertiary/aromatic N) is 1. The molecular formula is C74H130NO8+. The van der Waals surface area contributed by atoms with Crippen LogP contribution in [0.3, 0.4) is 0 Å². The van der Waals surface area contributed by atoms with Crippen LogP contribution in [0.4, 0.5) is 0 Å². The van der Waals surface area contributed by atoms with E-state index >= 15 is 0 Å². The summed E-state index contributed by atoms with van der Waals surface area (Å²) in [7, 11) is 5.97. The zero-order valence-electron chi connectivity index (χ0n) is 54.6. The van der Waals surface area contributed by atoms with E-state index in [4.69, 9.17) is 18.9 Å². The van der Waals surface area contributed by atoms with Crippen molar-refractivity contribution < 1.29 is 42.9 Å². The first-order chi connectivity index (χ1) is 40.6. The van der Waals surface area contributed by atoms with Gasteiger partial charge < -0.3 is 28.5 Å². The molecule has 0 heterocycles. The molecular weight excluding hydrogens is 1030 g/mol. The van der Waals surface area contributed by atoms with Gasteiger partial charge in [-0.15, -0.1) is 0 Å². The fourth-order valence-corrected chi connectivity index (χ4v) is 9.58. The molecule has 2 atom stereocenters. The van der Waals surface area contributed by atoms with E-state index in [9.17, 15) is 19.5 Å².